The van der Waals surface area contributed by atoms with Gasteiger partial charge in [0.1, 0.15) is 11.4 Å². The van der Waals surface area contributed by atoms with Gasteiger partial charge in [-0.2, -0.15) is 0 Å². The Kier molecular flexibility index (Phi) is 5.34. The topological polar surface area (TPSA) is 74.2 Å². The molecule has 1 aromatic rings. The van der Waals surface area contributed by atoms with Crippen LogP contribution in [0.2, 0.25) is 0 Å². The van der Waals surface area contributed by atoms with E-state index < -0.39 is 5.54 Å². The number of fused-ring (bicyclic) bond motifs is 2. The van der Waals surface area contributed by atoms with Crippen molar-refractivity contribution >= 4 is 23.5 Å². The predicted molar refractivity (Wildman–Crippen MR) is 112 cm³/mol. The van der Waals surface area contributed by atoms with Crippen molar-refractivity contribution in [3.05, 3.63) is 29.8 Å². The van der Waals surface area contributed by atoms with Crippen molar-refractivity contribution < 1.29 is 14.3 Å². The highest BCUT2D eigenvalue weighted by Gasteiger charge is 2.61. The van der Waals surface area contributed by atoms with Gasteiger partial charge < -0.3 is 15.0 Å². The lowest BCUT2D eigenvalue weighted by molar-refractivity contribution is -0.132. The van der Waals surface area contributed by atoms with Crippen molar-refractivity contribution in [3.63, 3.8) is 0 Å². The van der Waals surface area contributed by atoms with E-state index in [2.05, 4.69) is 5.32 Å². The van der Waals surface area contributed by atoms with Crippen LogP contribution in [0.4, 0.5) is 10.5 Å². The highest BCUT2D eigenvalue weighted by atomic mass is 16.5. The number of aliphatic imine (C=N–C) groups is 1. The van der Waals surface area contributed by atoms with E-state index >= 15 is 0 Å². The van der Waals surface area contributed by atoms with Crippen LogP contribution in [-0.4, -0.2) is 66.5 Å². The number of nitrogens with zero attached hydrogens (tertiary/aromatic N) is 3. The van der Waals surface area contributed by atoms with Crippen molar-refractivity contribution in [1.82, 2.24) is 9.80 Å². The third kappa shape index (κ3) is 3.31. The number of carbonyl (C=O) groups excluding carboxylic acids is 2. The highest BCUT2D eigenvalue weighted by Crippen LogP contribution is 2.50. The number of methoxy groups -OCH3 is 1. The molecule has 1 aliphatic carbocycles. The number of urea groups is 1. The van der Waals surface area contributed by atoms with Crippen molar-refractivity contribution in [1.29, 1.82) is 0 Å². The largest absolute Gasteiger partial charge is 0.383 e. The molecule has 1 N–H and O–H groups in total. The highest BCUT2D eigenvalue weighted by molar-refractivity contribution is 6.08. The number of carbonyl (C=O) groups is 2. The van der Waals surface area contributed by atoms with Gasteiger partial charge in [-0.25, -0.2) is 4.79 Å². The van der Waals surface area contributed by atoms with E-state index in [1.165, 1.54) is 0 Å². The molecule has 1 aromatic carbocycles. The molecule has 2 fully saturated rings. The van der Waals surface area contributed by atoms with Gasteiger partial charge in [0.2, 0.25) is 0 Å². The molecule has 29 heavy (non-hydrogen) atoms. The van der Waals surface area contributed by atoms with E-state index in [9.17, 15) is 9.59 Å². The molecule has 0 radical (unpaired) electrons. The van der Waals surface area contributed by atoms with Crippen LogP contribution >= 0.6 is 0 Å². The molecule has 156 valence electrons. The zero-order chi connectivity index (χ0) is 20.6. The molecule has 2 heterocycles. The van der Waals surface area contributed by atoms with Crippen LogP contribution in [0.15, 0.2) is 29.3 Å². The Morgan fingerprint density at radius 1 is 1.34 bits per heavy atom. The summed E-state index contributed by atoms with van der Waals surface area (Å²) in [5, 5.41) is 3.03. The van der Waals surface area contributed by atoms with Gasteiger partial charge in [0.15, 0.2) is 0 Å². The number of para-hydroxylation sites is 1. The van der Waals surface area contributed by atoms with Gasteiger partial charge >= 0.3 is 6.03 Å². The minimum Gasteiger partial charge on any atom is -0.383 e. The molecule has 7 nitrogen and oxygen atoms in total. The van der Waals surface area contributed by atoms with E-state index in [-0.39, 0.29) is 17.9 Å². The first-order valence-corrected chi connectivity index (χ1v) is 10.5. The number of amides is 3. The second kappa shape index (κ2) is 7.78. The first-order valence-electron chi connectivity index (χ1n) is 10.5. The van der Waals surface area contributed by atoms with E-state index in [1.807, 2.05) is 47.9 Å². The van der Waals surface area contributed by atoms with E-state index in [0.717, 1.165) is 36.3 Å². The molecular weight excluding hydrogens is 368 g/mol. The van der Waals surface area contributed by atoms with Crippen LogP contribution < -0.4 is 5.32 Å². The van der Waals surface area contributed by atoms with Crippen LogP contribution in [0.3, 0.4) is 0 Å². The SMILES string of the molecule is CCC1=N[C@]2(CC[C@H]3CN(C(=O)Nc4ccccc4C)C[C@H]32)C(=O)N1CCOC. The number of nitrogens with one attached hydrogen (secondary N) is 1. The molecule has 1 saturated carbocycles. The van der Waals surface area contributed by atoms with Gasteiger partial charge in [-0.1, -0.05) is 25.1 Å². The number of hydrogen-bond donors (Lipinski definition) is 1. The van der Waals surface area contributed by atoms with Gasteiger partial charge in [-0.15, -0.1) is 0 Å². The average molecular weight is 399 g/mol. The van der Waals surface area contributed by atoms with E-state index in [0.29, 0.717) is 32.2 Å². The smallest absolute Gasteiger partial charge is 0.321 e. The zero-order valence-electron chi connectivity index (χ0n) is 17.5. The standard InChI is InChI=1S/C22H30N4O3/c1-4-19-24-22(20(27)26(19)11-12-29-3)10-9-16-13-25(14-17(16)22)21(28)23-18-8-6-5-7-15(18)2/h5-8,16-17H,4,9-14H2,1-3H3,(H,23,28)/t16-,17+,22-/m0/s1. The van der Waals surface area contributed by atoms with Gasteiger partial charge in [0.05, 0.1) is 13.2 Å². The number of likely N-dealkylation sites (tertiary alicyclic amines) is 1. The Bertz CT molecular complexity index is 839. The van der Waals surface area contributed by atoms with Crippen LogP contribution in [0, 0.1) is 18.8 Å². The molecule has 0 unspecified atom stereocenters. The number of ether oxygens (including phenoxy) is 1. The van der Waals surface area contributed by atoms with Gasteiger partial charge in [-0.05, 0) is 37.3 Å². The first kappa shape index (κ1) is 19.9. The molecule has 7 heteroatoms. The Balaban J connectivity index is 1.50. The molecule has 1 saturated heterocycles. The second-order valence-electron chi connectivity index (χ2n) is 8.31. The fourth-order valence-corrected chi connectivity index (χ4v) is 5.15. The number of hydrogen-bond acceptors (Lipinski definition) is 4. The van der Waals surface area contributed by atoms with Crippen LogP contribution in [0.25, 0.3) is 0 Å². The number of anilines is 1. The normalized spacial score (nSPS) is 28.2. The fraction of sp³-hybridized carbons (Fsp3) is 0.591. The molecule has 0 aromatic heterocycles. The summed E-state index contributed by atoms with van der Waals surface area (Å²) in [7, 11) is 1.65. The molecule has 1 spiro atoms. The third-order valence-electron chi connectivity index (χ3n) is 6.72. The zero-order valence-corrected chi connectivity index (χ0v) is 17.5. The molecule has 3 atom stereocenters. The second-order valence-corrected chi connectivity index (χ2v) is 8.31. The van der Waals surface area contributed by atoms with E-state index in [4.69, 9.17) is 9.73 Å². The summed E-state index contributed by atoms with van der Waals surface area (Å²) in [5.74, 6) is 1.37. The molecule has 4 rings (SSSR count). The van der Waals surface area contributed by atoms with Crippen LogP contribution in [0.1, 0.15) is 31.7 Å². The lowest BCUT2D eigenvalue weighted by Crippen LogP contribution is -2.48. The quantitative estimate of drug-likeness (QED) is 0.829. The van der Waals surface area contributed by atoms with Crippen molar-refractivity contribution in [2.24, 2.45) is 16.8 Å². The molecular formula is C22H30N4O3. The van der Waals surface area contributed by atoms with Crippen LogP contribution in [-0.2, 0) is 9.53 Å². The molecule has 2 aliphatic heterocycles. The average Bonchev–Trinajstić information content (AvgIpc) is 3.36. The summed E-state index contributed by atoms with van der Waals surface area (Å²) >= 11 is 0. The maximum Gasteiger partial charge on any atom is 0.321 e. The molecule has 3 amide bonds. The number of aryl methyl sites for hydroxylation is 1. The number of benzene rings is 1. The maximum absolute atomic E-state index is 13.4. The third-order valence-corrected chi connectivity index (χ3v) is 6.72. The molecule has 0 bridgehead atoms. The summed E-state index contributed by atoms with van der Waals surface area (Å²) in [6.45, 7) is 6.32. The van der Waals surface area contributed by atoms with Gasteiger partial charge in [-0.3, -0.25) is 14.7 Å². The molecule has 3 aliphatic rings. The Morgan fingerprint density at radius 2 is 2.14 bits per heavy atom. The Labute approximate surface area is 172 Å². The summed E-state index contributed by atoms with van der Waals surface area (Å²) in [4.78, 5) is 34.9. The minimum atomic E-state index is -0.693. The number of rotatable bonds is 5. The Morgan fingerprint density at radius 3 is 2.86 bits per heavy atom. The van der Waals surface area contributed by atoms with Gasteiger partial charge in [0.25, 0.3) is 5.91 Å². The summed E-state index contributed by atoms with van der Waals surface area (Å²) in [6, 6.07) is 7.68. The van der Waals surface area contributed by atoms with Crippen molar-refractivity contribution in [2.75, 3.05) is 38.7 Å². The Hall–Kier alpha value is -2.41. The van der Waals surface area contributed by atoms with Gasteiger partial charge in [0, 0.05) is 38.2 Å². The summed E-state index contributed by atoms with van der Waals surface area (Å²) in [6.07, 6.45) is 2.44. The van der Waals surface area contributed by atoms with Crippen molar-refractivity contribution in [2.45, 2.75) is 38.6 Å². The summed E-state index contributed by atoms with van der Waals surface area (Å²) < 4.78 is 5.19. The lowest BCUT2D eigenvalue weighted by atomic mass is 9.85. The summed E-state index contributed by atoms with van der Waals surface area (Å²) in [5.41, 5.74) is 1.17. The minimum absolute atomic E-state index is 0.0896. The number of amidine groups is 1. The monoisotopic (exact) mass is 398 g/mol. The first-order chi connectivity index (χ1) is 14.0. The predicted octanol–water partition coefficient (Wildman–Crippen LogP) is 2.90. The fourth-order valence-electron chi connectivity index (χ4n) is 5.15. The lowest BCUT2D eigenvalue weighted by Gasteiger charge is -2.28. The van der Waals surface area contributed by atoms with E-state index in [1.54, 1.807) is 7.11 Å². The van der Waals surface area contributed by atoms with Crippen molar-refractivity contribution in [3.8, 4) is 0 Å². The van der Waals surface area contributed by atoms with Crippen LogP contribution in [0.5, 0.6) is 0 Å². The maximum atomic E-state index is 13.4.